The van der Waals surface area contributed by atoms with Crippen molar-refractivity contribution in [2.24, 2.45) is 5.92 Å². The molecule has 1 aliphatic rings. The summed E-state index contributed by atoms with van der Waals surface area (Å²) in [5.74, 6) is 0.0917. The van der Waals surface area contributed by atoms with Gasteiger partial charge in [0.2, 0.25) is 0 Å². The van der Waals surface area contributed by atoms with Gasteiger partial charge in [-0.2, -0.15) is 0 Å². The van der Waals surface area contributed by atoms with Gasteiger partial charge in [-0.1, -0.05) is 26.2 Å². The van der Waals surface area contributed by atoms with Crippen LogP contribution in [0.15, 0.2) is 61.0 Å². The average molecular weight is 315 g/mol. The first-order chi connectivity index (χ1) is 11.1. The molecule has 0 heterocycles. The van der Waals surface area contributed by atoms with Crippen LogP contribution in [-0.4, -0.2) is 11.2 Å². The molecule has 1 aromatic carbocycles. The maximum atomic E-state index is 13.3. The van der Waals surface area contributed by atoms with E-state index in [1.54, 1.807) is 18.2 Å². The van der Waals surface area contributed by atoms with Gasteiger partial charge in [0.25, 0.3) is 0 Å². The van der Waals surface area contributed by atoms with E-state index in [9.17, 15) is 9.50 Å². The maximum Gasteiger partial charge on any atom is 0.123 e. The van der Waals surface area contributed by atoms with Gasteiger partial charge in [-0.15, -0.1) is 0 Å². The van der Waals surface area contributed by atoms with E-state index in [1.165, 1.54) is 12.1 Å². The second-order valence-electron chi connectivity index (χ2n) is 6.06. The van der Waals surface area contributed by atoms with Crippen LogP contribution in [0.4, 0.5) is 10.1 Å². The third-order valence-corrected chi connectivity index (χ3v) is 4.50. The van der Waals surface area contributed by atoms with Gasteiger partial charge in [-0.05, 0) is 68.4 Å². The summed E-state index contributed by atoms with van der Waals surface area (Å²) >= 11 is 0. The van der Waals surface area contributed by atoms with Crippen molar-refractivity contribution in [2.75, 3.05) is 4.90 Å². The summed E-state index contributed by atoms with van der Waals surface area (Å²) in [7, 11) is 0. The van der Waals surface area contributed by atoms with Crippen LogP contribution in [0, 0.1) is 11.7 Å². The van der Waals surface area contributed by atoms with Crippen LogP contribution in [0.25, 0.3) is 0 Å². The molecule has 2 rings (SSSR count). The predicted molar refractivity (Wildman–Crippen MR) is 94.6 cm³/mol. The van der Waals surface area contributed by atoms with Crippen molar-refractivity contribution < 1.29 is 9.50 Å². The number of benzene rings is 1. The molecule has 0 atom stereocenters. The van der Waals surface area contributed by atoms with Crippen LogP contribution >= 0.6 is 0 Å². The first-order valence-electron chi connectivity index (χ1n) is 8.31. The third-order valence-electron chi connectivity index (χ3n) is 4.50. The molecule has 0 aromatic heterocycles. The van der Waals surface area contributed by atoms with Gasteiger partial charge in [-0.25, -0.2) is 4.39 Å². The van der Waals surface area contributed by atoms with Gasteiger partial charge < -0.3 is 10.0 Å². The van der Waals surface area contributed by atoms with Gasteiger partial charge in [0.15, 0.2) is 0 Å². The summed E-state index contributed by atoms with van der Waals surface area (Å²) in [6.07, 6.45) is 7.89. The van der Waals surface area contributed by atoms with Gasteiger partial charge in [-0.3, -0.25) is 0 Å². The number of aliphatic hydroxyl groups is 1. The Balaban J connectivity index is 2.32. The lowest BCUT2D eigenvalue weighted by molar-refractivity contribution is 0.115. The Kier molecular flexibility index (Phi) is 6.17. The predicted octanol–water partition coefficient (Wildman–Crippen LogP) is 5.18. The number of nitrogens with zero attached hydrogens (tertiary/aromatic N) is 1. The minimum atomic E-state index is -0.245. The molecule has 0 radical (unpaired) electrons. The van der Waals surface area contributed by atoms with Gasteiger partial charge in [0, 0.05) is 17.1 Å². The van der Waals surface area contributed by atoms with Gasteiger partial charge in [0.1, 0.15) is 5.82 Å². The van der Waals surface area contributed by atoms with Crippen molar-refractivity contribution in [3.05, 3.63) is 66.8 Å². The number of aliphatic hydroxyl groups excluding tert-OH is 1. The fraction of sp³-hybridized carbons (Fsp3) is 0.400. The smallest absolute Gasteiger partial charge is 0.123 e. The zero-order valence-electron chi connectivity index (χ0n) is 13.8. The first-order valence-corrected chi connectivity index (χ1v) is 8.31. The van der Waals surface area contributed by atoms with Crippen molar-refractivity contribution in [1.82, 2.24) is 0 Å². The van der Waals surface area contributed by atoms with Crippen molar-refractivity contribution in [3.8, 4) is 0 Å². The zero-order valence-corrected chi connectivity index (χ0v) is 13.8. The standard InChI is InChI=1S/C20H26FNO/c1-4-6-18(5-2)22(19-11-9-17(21)10-12-19)15(3)16-7-13-20(23)14-8-16/h4,6,9-12,16,20,23H,1,3,5,7-8,13-14H2,2H3/b18-6+/t16-,20+. The second kappa shape index (κ2) is 8.11. The lowest BCUT2D eigenvalue weighted by Crippen LogP contribution is -2.29. The zero-order chi connectivity index (χ0) is 16.8. The lowest BCUT2D eigenvalue weighted by Gasteiger charge is -2.36. The molecule has 1 N–H and O–H groups in total. The molecule has 1 saturated carbocycles. The number of hydrogen-bond acceptors (Lipinski definition) is 2. The Morgan fingerprint density at radius 2 is 1.87 bits per heavy atom. The number of hydrogen-bond donors (Lipinski definition) is 1. The molecule has 0 bridgehead atoms. The van der Waals surface area contributed by atoms with Crippen LogP contribution in [0.2, 0.25) is 0 Å². The Morgan fingerprint density at radius 1 is 1.26 bits per heavy atom. The molecule has 1 aromatic rings. The van der Waals surface area contributed by atoms with E-state index in [1.807, 2.05) is 6.08 Å². The number of rotatable bonds is 6. The normalized spacial score (nSPS) is 21.8. The minimum absolute atomic E-state index is 0.187. The fourth-order valence-electron chi connectivity index (χ4n) is 3.18. The Labute approximate surface area is 138 Å². The number of anilines is 1. The molecule has 124 valence electrons. The monoisotopic (exact) mass is 315 g/mol. The molecule has 0 saturated heterocycles. The van der Waals surface area contributed by atoms with E-state index in [0.717, 1.165) is 49.2 Å². The van der Waals surface area contributed by atoms with Crippen LogP contribution in [0.5, 0.6) is 0 Å². The first kappa shape index (κ1) is 17.5. The van der Waals surface area contributed by atoms with Crippen LogP contribution in [0.3, 0.4) is 0 Å². The summed E-state index contributed by atoms with van der Waals surface area (Å²) < 4.78 is 13.3. The summed E-state index contributed by atoms with van der Waals surface area (Å²) in [5, 5.41) is 9.72. The quantitative estimate of drug-likeness (QED) is 0.731. The Hall–Kier alpha value is -1.87. The van der Waals surface area contributed by atoms with Crippen molar-refractivity contribution >= 4 is 5.69 Å². The summed E-state index contributed by atoms with van der Waals surface area (Å²) in [5.41, 5.74) is 3.01. The fourth-order valence-corrected chi connectivity index (χ4v) is 3.18. The summed E-state index contributed by atoms with van der Waals surface area (Å²) in [4.78, 5) is 2.11. The average Bonchev–Trinajstić information content (AvgIpc) is 2.56. The molecule has 1 fully saturated rings. The molecule has 0 unspecified atom stereocenters. The molecule has 3 heteroatoms. The Morgan fingerprint density at radius 3 is 2.39 bits per heavy atom. The molecular weight excluding hydrogens is 289 g/mol. The molecular formula is C20H26FNO. The van der Waals surface area contributed by atoms with E-state index < -0.39 is 0 Å². The van der Waals surface area contributed by atoms with Crippen LogP contribution < -0.4 is 4.90 Å². The number of allylic oxidation sites excluding steroid dienone is 4. The van der Waals surface area contributed by atoms with E-state index in [0.29, 0.717) is 5.92 Å². The van der Waals surface area contributed by atoms with Crippen LogP contribution in [0.1, 0.15) is 39.0 Å². The highest BCUT2D eigenvalue weighted by atomic mass is 19.1. The number of halogens is 1. The Bertz CT molecular complexity index is 568. The molecule has 0 amide bonds. The summed E-state index contributed by atoms with van der Waals surface area (Å²) in [6, 6.07) is 6.51. The van der Waals surface area contributed by atoms with Gasteiger partial charge in [0.05, 0.1) is 6.10 Å². The largest absolute Gasteiger partial charge is 0.393 e. The molecule has 2 nitrogen and oxygen atoms in total. The van der Waals surface area contributed by atoms with E-state index >= 15 is 0 Å². The maximum absolute atomic E-state index is 13.3. The minimum Gasteiger partial charge on any atom is -0.393 e. The molecule has 1 aliphatic carbocycles. The van der Waals surface area contributed by atoms with E-state index in [4.69, 9.17) is 0 Å². The molecule has 0 spiro atoms. The van der Waals surface area contributed by atoms with Gasteiger partial charge >= 0.3 is 0 Å². The highest BCUT2D eigenvalue weighted by Crippen LogP contribution is 2.36. The van der Waals surface area contributed by atoms with Crippen molar-refractivity contribution in [1.29, 1.82) is 0 Å². The molecule has 23 heavy (non-hydrogen) atoms. The molecule has 0 aliphatic heterocycles. The lowest BCUT2D eigenvalue weighted by atomic mass is 9.85. The van der Waals surface area contributed by atoms with E-state index in [2.05, 4.69) is 25.0 Å². The second-order valence-corrected chi connectivity index (χ2v) is 6.06. The summed E-state index contributed by atoms with van der Waals surface area (Å²) in [6.45, 7) is 10.2. The van der Waals surface area contributed by atoms with E-state index in [-0.39, 0.29) is 11.9 Å². The van der Waals surface area contributed by atoms with Crippen molar-refractivity contribution in [3.63, 3.8) is 0 Å². The SMILES string of the molecule is C=C/C=C(\CC)N(c1ccc(F)cc1)C(=C)[C@H]1CC[C@@H](O)CC1. The van der Waals surface area contributed by atoms with Crippen molar-refractivity contribution in [2.45, 2.75) is 45.1 Å². The highest BCUT2D eigenvalue weighted by Gasteiger charge is 2.26. The third kappa shape index (κ3) is 4.32. The van der Waals surface area contributed by atoms with Crippen LogP contribution in [-0.2, 0) is 0 Å². The highest BCUT2D eigenvalue weighted by molar-refractivity contribution is 5.58. The topological polar surface area (TPSA) is 23.5 Å².